The van der Waals surface area contributed by atoms with Gasteiger partial charge in [0.2, 0.25) is 0 Å². The summed E-state index contributed by atoms with van der Waals surface area (Å²) in [5.74, 6) is 0.775. The van der Waals surface area contributed by atoms with Crippen molar-refractivity contribution in [1.82, 2.24) is 14.3 Å². The quantitative estimate of drug-likeness (QED) is 0.387. The summed E-state index contributed by atoms with van der Waals surface area (Å²) in [6, 6.07) is 10.4. The molecule has 0 spiro atoms. The largest absolute Gasteiger partial charge is 0.362 e. The van der Waals surface area contributed by atoms with E-state index in [2.05, 4.69) is 66.0 Å². The van der Waals surface area contributed by atoms with Gasteiger partial charge in [-0.25, -0.2) is 4.98 Å². The Bertz CT molecular complexity index is 915. The molecule has 1 atom stereocenters. The lowest BCUT2D eigenvalue weighted by Gasteiger charge is -2.40. The molecule has 0 bridgehead atoms. The van der Waals surface area contributed by atoms with Gasteiger partial charge in [-0.1, -0.05) is 37.8 Å². The fourth-order valence-electron chi connectivity index (χ4n) is 2.92. The van der Waals surface area contributed by atoms with Crippen molar-refractivity contribution in [3.8, 4) is 0 Å². The minimum absolute atomic E-state index is 0.269. The number of aromatic amines is 1. The molecule has 0 fully saturated rings. The van der Waals surface area contributed by atoms with E-state index in [9.17, 15) is 0 Å². The highest BCUT2D eigenvalue weighted by atomic mass is 31.2. The van der Waals surface area contributed by atoms with Gasteiger partial charge in [0, 0.05) is 32.0 Å². The van der Waals surface area contributed by atoms with E-state index in [4.69, 9.17) is 13.8 Å². The van der Waals surface area contributed by atoms with Crippen LogP contribution in [0.2, 0.25) is 19.6 Å². The van der Waals surface area contributed by atoms with Gasteiger partial charge in [0.15, 0.2) is 6.10 Å². The predicted molar refractivity (Wildman–Crippen MR) is 117 cm³/mol. The van der Waals surface area contributed by atoms with E-state index >= 15 is 0 Å². The average Bonchev–Trinajstić information content (AvgIpc) is 3.28. The van der Waals surface area contributed by atoms with Crippen LogP contribution in [0.3, 0.4) is 0 Å². The molecule has 2 aromatic heterocycles. The molecule has 28 heavy (non-hydrogen) atoms. The van der Waals surface area contributed by atoms with Crippen molar-refractivity contribution < 1.29 is 13.8 Å². The third kappa shape index (κ3) is 3.95. The Morgan fingerprint density at radius 2 is 1.82 bits per heavy atom. The first-order valence-electron chi connectivity index (χ1n) is 9.35. The fraction of sp³-hybridized carbons (Fsp3) is 0.450. The van der Waals surface area contributed by atoms with Gasteiger partial charge in [0.05, 0.1) is 24.5 Å². The topological polar surface area (TPSA) is 61.3 Å². The van der Waals surface area contributed by atoms with Crippen LogP contribution in [0.5, 0.6) is 0 Å². The molecule has 3 aromatic rings. The van der Waals surface area contributed by atoms with Gasteiger partial charge in [0.25, 0.3) is 8.53 Å². The second-order valence-electron chi connectivity index (χ2n) is 8.28. The van der Waals surface area contributed by atoms with Gasteiger partial charge in [-0.3, -0.25) is 4.34 Å². The highest BCUT2D eigenvalue weighted by Gasteiger charge is 2.40. The molecule has 0 amide bonds. The number of hydrogen-bond acceptors (Lipinski definition) is 4. The number of ether oxygens (including phenoxy) is 1. The zero-order valence-electron chi connectivity index (χ0n) is 17.7. The third-order valence-electron chi connectivity index (χ3n) is 5.44. The van der Waals surface area contributed by atoms with E-state index in [0.717, 1.165) is 22.4 Å². The van der Waals surface area contributed by atoms with E-state index in [1.54, 1.807) is 20.4 Å². The van der Waals surface area contributed by atoms with Crippen molar-refractivity contribution in [2.45, 2.75) is 44.8 Å². The molecule has 0 aliphatic heterocycles. The highest BCUT2D eigenvalue weighted by molar-refractivity contribution is 7.45. The number of imidazole rings is 1. The molecule has 8 heteroatoms. The Morgan fingerprint density at radius 3 is 2.39 bits per heavy atom. The number of aromatic nitrogens is 3. The molecule has 0 aliphatic rings. The number of nitrogens with zero attached hydrogens (tertiary/aromatic N) is 2. The van der Waals surface area contributed by atoms with Crippen LogP contribution in [0.1, 0.15) is 31.5 Å². The summed E-state index contributed by atoms with van der Waals surface area (Å²) in [6.07, 6.45) is 3.23. The summed E-state index contributed by atoms with van der Waals surface area (Å²) >= 11 is 0. The molecule has 6 nitrogen and oxygen atoms in total. The minimum Gasteiger partial charge on any atom is -0.362 e. The maximum Gasteiger partial charge on any atom is 0.294 e. The molecule has 0 aliphatic carbocycles. The maximum absolute atomic E-state index is 6.79. The van der Waals surface area contributed by atoms with Crippen LogP contribution < -0.4 is 0 Å². The minimum atomic E-state index is -1.62. The van der Waals surface area contributed by atoms with E-state index in [-0.39, 0.29) is 11.3 Å². The van der Waals surface area contributed by atoms with Gasteiger partial charge < -0.3 is 18.8 Å². The first-order chi connectivity index (χ1) is 13.2. The lowest BCUT2D eigenvalue weighted by atomic mass is 10.2. The lowest BCUT2D eigenvalue weighted by molar-refractivity contribution is -0.0134. The second-order valence-corrected chi connectivity index (χ2v) is 15.6. The first-order valence-corrected chi connectivity index (χ1v) is 14.0. The highest BCUT2D eigenvalue weighted by Crippen LogP contribution is 2.47. The molecular formula is C20H30N3O3PSi. The van der Waals surface area contributed by atoms with Gasteiger partial charge in [-0.05, 0) is 26.0 Å². The standard InChI is InChI=1S/C20H30N3O3PSi/c1-20(2,28(5,6)7)26-18(19-21-12-13-22-19)17-14-15-10-8-9-11-16(15)23(17)27(24-3)25-4/h8-14,18H,1-7H3,(H,21,22). The van der Waals surface area contributed by atoms with Crippen LogP contribution in [0.25, 0.3) is 10.9 Å². The Balaban J connectivity index is 2.21. The van der Waals surface area contributed by atoms with Crippen LogP contribution in [0.4, 0.5) is 0 Å². The zero-order chi connectivity index (χ0) is 20.5. The molecule has 0 saturated heterocycles. The monoisotopic (exact) mass is 419 g/mol. The van der Waals surface area contributed by atoms with Crippen molar-refractivity contribution in [3.05, 3.63) is 54.2 Å². The van der Waals surface area contributed by atoms with Crippen molar-refractivity contribution in [1.29, 1.82) is 0 Å². The summed E-state index contributed by atoms with van der Waals surface area (Å²) in [4.78, 5) is 7.78. The fourth-order valence-corrected chi connectivity index (χ4v) is 4.57. The molecule has 1 N–H and O–H groups in total. The number of fused-ring (bicyclic) bond motifs is 1. The summed E-state index contributed by atoms with van der Waals surface area (Å²) in [6.45, 7) is 11.3. The molecule has 1 aromatic carbocycles. The summed E-state index contributed by atoms with van der Waals surface area (Å²) < 4.78 is 20.3. The van der Waals surface area contributed by atoms with Crippen LogP contribution >= 0.6 is 8.53 Å². The molecular weight excluding hydrogens is 389 g/mol. The summed E-state index contributed by atoms with van der Waals surface area (Å²) in [5, 5.41) is 0.847. The number of nitrogens with one attached hydrogen (secondary N) is 1. The maximum atomic E-state index is 6.79. The molecule has 152 valence electrons. The lowest BCUT2D eigenvalue weighted by Crippen LogP contribution is -2.50. The third-order valence-corrected chi connectivity index (χ3v) is 10.6. The molecule has 0 saturated carbocycles. The van der Waals surface area contributed by atoms with Gasteiger partial charge in [-0.2, -0.15) is 0 Å². The molecule has 2 heterocycles. The predicted octanol–water partition coefficient (Wildman–Crippen LogP) is 5.49. The van der Waals surface area contributed by atoms with Crippen molar-refractivity contribution >= 4 is 27.5 Å². The van der Waals surface area contributed by atoms with Crippen molar-refractivity contribution in [2.24, 2.45) is 0 Å². The van der Waals surface area contributed by atoms with E-state index in [1.807, 2.05) is 18.3 Å². The van der Waals surface area contributed by atoms with Crippen molar-refractivity contribution in [2.75, 3.05) is 14.2 Å². The SMILES string of the molecule is COP(OC)n1c(C(OC(C)(C)[Si](C)(C)C)c2ncc[nH]2)cc2ccccc21. The van der Waals surface area contributed by atoms with E-state index in [0.29, 0.717) is 0 Å². The smallest absolute Gasteiger partial charge is 0.294 e. The van der Waals surface area contributed by atoms with Crippen LogP contribution in [-0.2, 0) is 13.8 Å². The van der Waals surface area contributed by atoms with Crippen LogP contribution in [0.15, 0.2) is 42.7 Å². The number of rotatable bonds is 8. The van der Waals surface area contributed by atoms with Crippen molar-refractivity contribution in [3.63, 3.8) is 0 Å². The summed E-state index contributed by atoms with van der Waals surface area (Å²) in [5.41, 5.74) is 2.02. The van der Waals surface area contributed by atoms with Gasteiger partial charge in [0.1, 0.15) is 5.82 Å². The number of hydrogen-bond donors (Lipinski definition) is 1. The summed E-state index contributed by atoms with van der Waals surface area (Å²) in [7, 11) is 0.408. The Labute approximate surface area is 169 Å². The Kier molecular flexibility index (Phi) is 6.13. The normalized spacial score (nSPS) is 14.1. The number of para-hydroxylation sites is 1. The van der Waals surface area contributed by atoms with Gasteiger partial charge in [-0.15, -0.1) is 0 Å². The second kappa shape index (κ2) is 8.09. The Morgan fingerprint density at radius 1 is 1.14 bits per heavy atom. The molecule has 1 unspecified atom stereocenters. The molecule has 3 rings (SSSR count). The van der Waals surface area contributed by atoms with E-state index in [1.165, 1.54) is 0 Å². The zero-order valence-corrected chi connectivity index (χ0v) is 19.6. The van der Waals surface area contributed by atoms with Crippen LogP contribution in [-0.4, -0.2) is 41.8 Å². The number of H-pyrrole nitrogens is 1. The Hall–Kier alpha value is -1.50. The number of benzene rings is 1. The molecule has 0 radical (unpaired) electrons. The average molecular weight is 420 g/mol. The first kappa shape index (κ1) is 21.2. The van der Waals surface area contributed by atoms with E-state index < -0.39 is 16.6 Å². The van der Waals surface area contributed by atoms with Crippen LogP contribution in [0, 0.1) is 0 Å². The van der Waals surface area contributed by atoms with Gasteiger partial charge >= 0.3 is 0 Å².